The van der Waals surface area contributed by atoms with Crippen molar-refractivity contribution in [2.45, 2.75) is 18.7 Å². The predicted molar refractivity (Wildman–Crippen MR) is 82.1 cm³/mol. The van der Waals surface area contributed by atoms with Crippen LogP contribution in [0.4, 0.5) is 0 Å². The van der Waals surface area contributed by atoms with Crippen molar-refractivity contribution < 1.29 is 22.5 Å². The largest absolute Gasteiger partial charge is 0.478 e. The van der Waals surface area contributed by atoms with Gasteiger partial charge in [0.15, 0.2) is 5.75 Å². The van der Waals surface area contributed by atoms with Crippen molar-refractivity contribution in [3.05, 3.63) is 58.1 Å². The summed E-state index contributed by atoms with van der Waals surface area (Å²) in [4.78, 5) is 11.2. The van der Waals surface area contributed by atoms with E-state index in [1.54, 1.807) is 12.1 Å². The molecule has 0 bridgehead atoms. The number of rotatable bonds is 4. The van der Waals surface area contributed by atoms with Gasteiger partial charge in [0.2, 0.25) is 0 Å². The van der Waals surface area contributed by atoms with Gasteiger partial charge >= 0.3 is 16.1 Å². The van der Waals surface area contributed by atoms with Crippen LogP contribution in [-0.2, 0) is 10.1 Å². The Morgan fingerprint density at radius 1 is 1.14 bits per heavy atom. The lowest BCUT2D eigenvalue weighted by Crippen LogP contribution is -2.13. The maximum Gasteiger partial charge on any atom is 0.339 e. The van der Waals surface area contributed by atoms with Crippen LogP contribution in [0.25, 0.3) is 0 Å². The van der Waals surface area contributed by atoms with E-state index in [0.717, 1.165) is 11.6 Å². The average Bonchev–Trinajstić information content (AvgIpc) is 2.41. The molecule has 7 heteroatoms. The summed E-state index contributed by atoms with van der Waals surface area (Å²) in [6, 6.07) is 8.64. The SMILES string of the molecule is Cc1ccc(S(=O)(=O)Oc2c(C)cc(Cl)cc2C(=O)O)cc1. The third kappa shape index (κ3) is 3.40. The van der Waals surface area contributed by atoms with E-state index in [-0.39, 0.29) is 21.2 Å². The summed E-state index contributed by atoms with van der Waals surface area (Å²) in [6.07, 6.45) is 0. The van der Waals surface area contributed by atoms with Crippen LogP contribution in [0.2, 0.25) is 5.02 Å². The molecule has 2 aromatic rings. The van der Waals surface area contributed by atoms with Gasteiger partial charge in [0.05, 0.1) is 0 Å². The highest BCUT2D eigenvalue weighted by Gasteiger charge is 2.23. The number of aryl methyl sites for hydroxylation is 2. The van der Waals surface area contributed by atoms with Crippen LogP contribution < -0.4 is 4.18 Å². The Hall–Kier alpha value is -2.05. The van der Waals surface area contributed by atoms with Crippen LogP contribution >= 0.6 is 11.6 Å². The Bertz CT molecular complexity index is 826. The molecule has 5 nitrogen and oxygen atoms in total. The van der Waals surface area contributed by atoms with Gasteiger partial charge in [-0.3, -0.25) is 0 Å². The highest BCUT2D eigenvalue weighted by atomic mass is 35.5. The van der Waals surface area contributed by atoms with Crippen molar-refractivity contribution in [2.75, 3.05) is 0 Å². The van der Waals surface area contributed by atoms with E-state index in [1.165, 1.54) is 25.1 Å². The molecule has 0 aliphatic carbocycles. The van der Waals surface area contributed by atoms with Gasteiger partial charge in [0, 0.05) is 5.02 Å². The highest BCUT2D eigenvalue weighted by molar-refractivity contribution is 7.87. The fourth-order valence-corrected chi connectivity index (χ4v) is 3.14. The Balaban J connectivity index is 2.50. The second kappa shape index (κ2) is 5.98. The summed E-state index contributed by atoms with van der Waals surface area (Å²) in [5.41, 5.74) is 0.911. The van der Waals surface area contributed by atoms with Gasteiger partial charge in [-0.1, -0.05) is 29.3 Å². The molecule has 0 saturated carbocycles. The van der Waals surface area contributed by atoms with Crippen molar-refractivity contribution in [2.24, 2.45) is 0 Å². The van der Waals surface area contributed by atoms with Gasteiger partial charge < -0.3 is 9.29 Å². The van der Waals surface area contributed by atoms with E-state index in [2.05, 4.69) is 0 Å². The van der Waals surface area contributed by atoms with Crippen molar-refractivity contribution in [1.82, 2.24) is 0 Å². The van der Waals surface area contributed by atoms with Crippen molar-refractivity contribution >= 4 is 27.7 Å². The first-order chi connectivity index (χ1) is 10.2. The summed E-state index contributed by atoms with van der Waals surface area (Å²) < 4.78 is 29.6. The number of halogens is 1. The molecule has 0 spiro atoms. The van der Waals surface area contributed by atoms with Crippen LogP contribution in [0.15, 0.2) is 41.3 Å². The number of carbonyl (C=O) groups is 1. The fourth-order valence-electron chi connectivity index (χ4n) is 1.86. The standard InChI is InChI=1S/C15H13ClO5S/c1-9-3-5-12(6-4-9)22(19,20)21-14-10(2)7-11(16)8-13(14)15(17)18/h3-8H,1-2H3,(H,17,18). The molecule has 0 aliphatic rings. The van der Waals surface area contributed by atoms with Crippen LogP contribution in [0.1, 0.15) is 21.5 Å². The van der Waals surface area contributed by atoms with Gasteiger partial charge in [0.25, 0.3) is 0 Å². The smallest absolute Gasteiger partial charge is 0.339 e. The van der Waals surface area contributed by atoms with Crippen LogP contribution in [0.3, 0.4) is 0 Å². The first-order valence-electron chi connectivity index (χ1n) is 6.25. The molecule has 1 N–H and O–H groups in total. The van der Waals surface area contributed by atoms with Crippen LogP contribution in [0, 0.1) is 13.8 Å². The topological polar surface area (TPSA) is 80.7 Å². The quantitative estimate of drug-likeness (QED) is 0.862. The summed E-state index contributed by atoms with van der Waals surface area (Å²) in [6.45, 7) is 3.35. The normalized spacial score (nSPS) is 11.2. The summed E-state index contributed by atoms with van der Waals surface area (Å²) >= 11 is 5.80. The van der Waals surface area contributed by atoms with Crippen molar-refractivity contribution in [1.29, 1.82) is 0 Å². The lowest BCUT2D eigenvalue weighted by Gasteiger charge is -2.12. The average molecular weight is 341 g/mol. The summed E-state index contributed by atoms with van der Waals surface area (Å²) in [5.74, 6) is -1.56. The fraction of sp³-hybridized carbons (Fsp3) is 0.133. The molecular weight excluding hydrogens is 328 g/mol. The van der Waals surface area contributed by atoms with Gasteiger partial charge in [-0.25, -0.2) is 4.79 Å². The molecular formula is C15H13ClO5S. The lowest BCUT2D eigenvalue weighted by atomic mass is 10.1. The zero-order chi connectivity index (χ0) is 16.5. The molecule has 0 radical (unpaired) electrons. The van der Waals surface area contributed by atoms with Crippen molar-refractivity contribution in [3.8, 4) is 5.75 Å². The van der Waals surface area contributed by atoms with E-state index in [1.807, 2.05) is 6.92 Å². The molecule has 2 aromatic carbocycles. The first-order valence-corrected chi connectivity index (χ1v) is 8.04. The molecule has 0 aliphatic heterocycles. The Morgan fingerprint density at radius 3 is 2.27 bits per heavy atom. The summed E-state index contributed by atoms with van der Waals surface area (Å²) in [7, 11) is -4.13. The Kier molecular flexibility index (Phi) is 4.44. The van der Waals surface area contributed by atoms with E-state index in [4.69, 9.17) is 15.8 Å². The van der Waals surface area contributed by atoms with Gasteiger partial charge in [-0.2, -0.15) is 8.42 Å². The second-order valence-electron chi connectivity index (χ2n) is 4.76. The molecule has 2 rings (SSSR count). The maximum atomic E-state index is 12.3. The van der Waals surface area contributed by atoms with Crippen LogP contribution in [-0.4, -0.2) is 19.5 Å². The van der Waals surface area contributed by atoms with Gasteiger partial charge in [0.1, 0.15) is 10.5 Å². The van der Waals surface area contributed by atoms with E-state index >= 15 is 0 Å². The molecule has 0 fully saturated rings. The number of benzene rings is 2. The zero-order valence-electron chi connectivity index (χ0n) is 11.8. The third-order valence-electron chi connectivity index (χ3n) is 2.97. The molecule has 0 heterocycles. The maximum absolute atomic E-state index is 12.3. The Morgan fingerprint density at radius 2 is 1.73 bits per heavy atom. The number of carboxylic acids is 1. The second-order valence-corrected chi connectivity index (χ2v) is 6.74. The Labute approximate surface area is 133 Å². The molecule has 22 heavy (non-hydrogen) atoms. The van der Waals surface area contributed by atoms with Crippen LogP contribution in [0.5, 0.6) is 5.75 Å². The number of hydrogen-bond acceptors (Lipinski definition) is 4. The minimum Gasteiger partial charge on any atom is -0.478 e. The number of aromatic carboxylic acids is 1. The first kappa shape index (κ1) is 16.3. The van der Waals surface area contributed by atoms with Gasteiger partial charge in [-0.05, 0) is 43.7 Å². The molecule has 0 amide bonds. The molecule has 0 atom stereocenters. The molecule has 0 saturated heterocycles. The zero-order valence-corrected chi connectivity index (χ0v) is 13.4. The van der Waals surface area contributed by atoms with Crippen molar-refractivity contribution in [3.63, 3.8) is 0 Å². The molecule has 0 aromatic heterocycles. The van der Waals surface area contributed by atoms with E-state index < -0.39 is 16.1 Å². The van der Waals surface area contributed by atoms with Gasteiger partial charge in [-0.15, -0.1) is 0 Å². The van der Waals surface area contributed by atoms with E-state index in [9.17, 15) is 18.3 Å². The minimum absolute atomic E-state index is 0.0520. The molecule has 116 valence electrons. The monoisotopic (exact) mass is 340 g/mol. The predicted octanol–water partition coefficient (Wildman–Crippen LogP) is 3.42. The minimum atomic E-state index is -4.13. The number of carboxylic acid groups (broad SMARTS) is 1. The van der Waals surface area contributed by atoms with E-state index in [0.29, 0.717) is 5.56 Å². The molecule has 0 unspecified atom stereocenters. The third-order valence-corrected chi connectivity index (χ3v) is 4.43. The summed E-state index contributed by atoms with van der Waals surface area (Å²) in [5, 5.41) is 9.37. The lowest BCUT2D eigenvalue weighted by molar-refractivity contribution is 0.0695. The highest BCUT2D eigenvalue weighted by Crippen LogP contribution is 2.30. The number of hydrogen-bond donors (Lipinski definition) is 1.